The Morgan fingerprint density at radius 1 is 0.256 bits per heavy atom. The predicted octanol–water partition coefficient (Wildman–Crippen LogP) is 14.1. The zero-order chi connectivity index (χ0) is 30.8. The Kier molecular flexibility index (Phi) is 60.5. The van der Waals surface area contributed by atoms with Gasteiger partial charge in [-0.2, -0.15) is 0 Å². The van der Waals surface area contributed by atoms with Gasteiger partial charge >= 0.3 is 0 Å². The summed E-state index contributed by atoms with van der Waals surface area (Å²) in [5.74, 6) is 0. The monoisotopic (exact) mass is 533 g/mol. The first-order valence-corrected chi connectivity index (χ1v) is 15.3. The largest absolute Gasteiger partial charge is 0.0683 e. The van der Waals surface area contributed by atoms with Gasteiger partial charge in [-0.25, -0.2) is 0 Å². The first-order chi connectivity index (χ1) is 19.2. The highest BCUT2D eigenvalue weighted by molar-refractivity contribution is 5.62. The molecule has 0 heteroatoms. The highest BCUT2D eigenvalue weighted by atomic mass is 14.0. The summed E-state index contributed by atoms with van der Waals surface area (Å²) in [5.41, 5.74) is 2.55. The average molecular weight is 533 g/mol. The zero-order valence-electron chi connectivity index (χ0n) is 27.8. The smallest absolute Gasteiger partial charge is 0.0184 e. The van der Waals surface area contributed by atoms with E-state index in [4.69, 9.17) is 0 Å². The summed E-state index contributed by atoms with van der Waals surface area (Å²) in [6, 6.07) is 44.8. The van der Waals surface area contributed by atoms with E-state index in [0.29, 0.717) is 0 Å². The Hall–Kier alpha value is -3.12. The molecule has 4 aromatic rings. The fraction of sp³-hybridized carbons (Fsp3) is 0.385. The summed E-state index contributed by atoms with van der Waals surface area (Å²) in [7, 11) is 0. The van der Waals surface area contributed by atoms with Crippen LogP contribution in [0.4, 0.5) is 0 Å². The molecule has 0 saturated heterocycles. The van der Waals surface area contributed by atoms with Crippen molar-refractivity contribution >= 4 is 0 Å². The van der Waals surface area contributed by atoms with E-state index in [1.54, 1.807) is 0 Å². The molecule has 39 heavy (non-hydrogen) atoms. The summed E-state index contributed by atoms with van der Waals surface area (Å²) in [5, 5.41) is 0. The van der Waals surface area contributed by atoms with Crippen LogP contribution in [0.5, 0.6) is 0 Å². The average Bonchev–Trinajstić information content (AvgIpc) is 3.05. The van der Waals surface area contributed by atoms with Gasteiger partial charge in [-0.3, -0.25) is 0 Å². The van der Waals surface area contributed by atoms with Crippen LogP contribution in [0.1, 0.15) is 102 Å². The zero-order valence-corrected chi connectivity index (χ0v) is 27.8. The van der Waals surface area contributed by atoms with Gasteiger partial charge in [-0.05, 0) is 11.1 Å². The van der Waals surface area contributed by atoms with Crippen LogP contribution in [0.2, 0.25) is 0 Å². The van der Waals surface area contributed by atoms with E-state index in [2.05, 4.69) is 90.1 Å². The molecule has 0 aromatic heterocycles. The maximum absolute atomic E-state index is 2.12. The first-order valence-electron chi connectivity index (χ1n) is 15.3. The molecular weight excluding hydrogens is 468 g/mol. The molecule has 0 heterocycles. The SMILES string of the molecule is CC.CC.CC.CCC.CCC.CCC.c1ccc(-c2ccccc2)cc1.c1ccccc1.c1ccccc1. The molecule has 0 fully saturated rings. The van der Waals surface area contributed by atoms with E-state index in [1.807, 2.05) is 126 Å². The van der Waals surface area contributed by atoms with Crippen molar-refractivity contribution in [3.05, 3.63) is 133 Å². The Morgan fingerprint density at radius 2 is 0.359 bits per heavy atom. The van der Waals surface area contributed by atoms with Crippen molar-refractivity contribution in [2.24, 2.45) is 0 Å². The molecule has 4 aromatic carbocycles. The lowest BCUT2D eigenvalue weighted by Crippen LogP contribution is -1.73. The number of rotatable bonds is 1. The van der Waals surface area contributed by atoms with Gasteiger partial charge in [0.05, 0.1) is 0 Å². The molecule has 0 aliphatic heterocycles. The van der Waals surface area contributed by atoms with E-state index in [-0.39, 0.29) is 0 Å². The van der Waals surface area contributed by atoms with Crippen LogP contribution in [0.25, 0.3) is 11.1 Å². The van der Waals surface area contributed by atoms with Gasteiger partial charge in [0, 0.05) is 0 Å². The van der Waals surface area contributed by atoms with Crippen LogP contribution in [0.3, 0.4) is 0 Å². The molecule has 0 amide bonds. The molecule has 0 aliphatic rings. The van der Waals surface area contributed by atoms with Crippen LogP contribution in [0.15, 0.2) is 133 Å². The maximum Gasteiger partial charge on any atom is -0.0184 e. The highest BCUT2D eigenvalue weighted by Gasteiger charge is 1.91. The molecule has 0 N–H and O–H groups in total. The van der Waals surface area contributed by atoms with Crippen molar-refractivity contribution < 1.29 is 0 Å². The van der Waals surface area contributed by atoms with Crippen molar-refractivity contribution in [1.29, 1.82) is 0 Å². The molecule has 0 aliphatic carbocycles. The first kappa shape index (κ1) is 45.8. The Labute approximate surface area is 246 Å². The van der Waals surface area contributed by atoms with Crippen molar-refractivity contribution in [2.45, 2.75) is 102 Å². The molecule has 0 spiro atoms. The van der Waals surface area contributed by atoms with Crippen LogP contribution < -0.4 is 0 Å². The second-order valence-electron chi connectivity index (χ2n) is 7.16. The van der Waals surface area contributed by atoms with E-state index in [1.165, 1.54) is 30.4 Å². The Balaban J connectivity index is -0.000000124. The van der Waals surface area contributed by atoms with Gasteiger partial charge in [-0.1, -0.05) is 236 Å². The van der Waals surface area contributed by atoms with Gasteiger partial charge in [0.1, 0.15) is 0 Å². The third-order valence-corrected chi connectivity index (χ3v) is 3.21. The van der Waals surface area contributed by atoms with Crippen molar-refractivity contribution in [2.75, 3.05) is 0 Å². The summed E-state index contributed by atoms with van der Waals surface area (Å²) in [6.07, 6.45) is 3.75. The molecule has 220 valence electrons. The summed E-state index contributed by atoms with van der Waals surface area (Å²) < 4.78 is 0. The molecule has 0 atom stereocenters. The second-order valence-corrected chi connectivity index (χ2v) is 7.16. The normalized spacial score (nSPS) is 7.28. The van der Waals surface area contributed by atoms with Gasteiger partial charge in [-0.15, -0.1) is 0 Å². The van der Waals surface area contributed by atoms with Gasteiger partial charge in [0.2, 0.25) is 0 Å². The van der Waals surface area contributed by atoms with Crippen molar-refractivity contribution in [3.63, 3.8) is 0 Å². The van der Waals surface area contributed by atoms with Crippen LogP contribution in [0, 0.1) is 0 Å². The standard InChI is InChI=1S/C12H10.2C6H6.3C3H8.3C2H6/c1-3-7-11(8-4-1)12-9-5-2-6-10-12;2*1-2-4-6-5-3-1;3*1-3-2;3*1-2/h1-10H;2*1-6H;3*3H2,1-2H3;3*1-2H3. The van der Waals surface area contributed by atoms with Crippen LogP contribution in [-0.4, -0.2) is 0 Å². The molecule has 0 saturated carbocycles. The fourth-order valence-electron chi connectivity index (χ4n) is 2.03. The Morgan fingerprint density at radius 3 is 0.487 bits per heavy atom. The molecule has 0 unspecified atom stereocenters. The van der Waals surface area contributed by atoms with Crippen molar-refractivity contribution in [3.8, 4) is 11.1 Å². The van der Waals surface area contributed by atoms with Gasteiger partial charge < -0.3 is 0 Å². The second kappa shape index (κ2) is 51.5. The Bertz CT molecular complexity index is 651. The third kappa shape index (κ3) is 45.2. The lowest BCUT2D eigenvalue weighted by Gasteiger charge is -1.98. The summed E-state index contributed by atoms with van der Waals surface area (Å²) in [4.78, 5) is 0. The lowest BCUT2D eigenvalue weighted by molar-refractivity contribution is 1.09. The lowest BCUT2D eigenvalue weighted by atomic mass is 10.1. The van der Waals surface area contributed by atoms with Crippen molar-refractivity contribution in [1.82, 2.24) is 0 Å². The molecule has 0 radical (unpaired) electrons. The minimum absolute atomic E-state index is 1.25. The van der Waals surface area contributed by atoms with Crippen LogP contribution >= 0.6 is 0 Å². The van der Waals surface area contributed by atoms with E-state index in [0.717, 1.165) is 0 Å². The molecule has 0 nitrogen and oxygen atoms in total. The molecule has 0 bridgehead atoms. The molecule has 4 rings (SSSR count). The highest BCUT2D eigenvalue weighted by Crippen LogP contribution is 2.17. The van der Waals surface area contributed by atoms with E-state index < -0.39 is 0 Å². The predicted molar refractivity (Wildman–Crippen MR) is 187 cm³/mol. The number of hydrogen-bond donors (Lipinski definition) is 0. The van der Waals surface area contributed by atoms with E-state index >= 15 is 0 Å². The topological polar surface area (TPSA) is 0 Å². The summed E-state index contributed by atoms with van der Waals surface area (Å²) >= 11 is 0. The summed E-state index contributed by atoms with van der Waals surface area (Å²) in [6.45, 7) is 24.8. The quantitative estimate of drug-likeness (QED) is 0.229. The fourth-order valence-corrected chi connectivity index (χ4v) is 2.03. The number of hydrogen-bond acceptors (Lipinski definition) is 0. The minimum Gasteiger partial charge on any atom is -0.0683 e. The van der Waals surface area contributed by atoms with Gasteiger partial charge in [0.15, 0.2) is 0 Å². The van der Waals surface area contributed by atoms with E-state index in [9.17, 15) is 0 Å². The van der Waals surface area contributed by atoms with Gasteiger partial charge in [0.25, 0.3) is 0 Å². The minimum atomic E-state index is 1.25. The molecular formula is C39H64. The maximum atomic E-state index is 2.12. The third-order valence-electron chi connectivity index (χ3n) is 3.21. The number of benzene rings is 4. The van der Waals surface area contributed by atoms with Crippen LogP contribution in [-0.2, 0) is 0 Å².